The van der Waals surface area contributed by atoms with Crippen LogP contribution in [0.25, 0.3) is 0 Å². The molecule has 46 valence electrons. The SMILES string of the molecule is CO[C+]1C2C=CC(=O)C12. The molecule has 0 heterocycles. The van der Waals surface area contributed by atoms with Gasteiger partial charge in [0.05, 0.1) is 7.11 Å². The van der Waals surface area contributed by atoms with Crippen molar-refractivity contribution in [1.82, 2.24) is 0 Å². The summed E-state index contributed by atoms with van der Waals surface area (Å²) in [6.07, 6.45) is 4.49. The third-order valence-electron chi connectivity index (χ3n) is 1.90. The van der Waals surface area contributed by atoms with E-state index in [0.717, 1.165) is 6.10 Å². The van der Waals surface area contributed by atoms with Crippen LogP contribution in [0.2, 0.25) is 0 Å². The van der Waals surface area contributed by atoms with Gasteiger partial charge in [-0.3, -0.25) is 4.79 Å². The Kier molecular flexibility index (Phi) is 0.781. The smallest absolute Gasteiger partial charge is 0.269 e. The molecule has 0 saturated heterocycles. The van der Waals surface area contributed by atoms with Crippen LogP contribution in [0.4, 0.5) is 0 Å². The van der Waals surface area contributed by atoms with Crippen molar-refractivity contribution in [2.45, 2.75) is 0 Å². The first-order chi connectivity index (χ1) is 4.34. The average molecular weight is 123 g/mol. The number of hydrogen-bond donors (Lipinski definition) is 0. The van der Waals surface area contributed by atoms with Gasteiger partial charge in [-0.2, -0.15) is 4.74 Å². The van der Waals surface area contributed by atoms with Crippen LogP contribution in [-0.4, -0.2) is 12.9 Å². The van der Waals surface area contributed by atoms with Crippen LogP contribution >= 0.6 is 0 Å². The number of ketones is 1. The maximum Gasteiger partial charge on any atom is 0.269 e. The first-order valence-corrected chi connectivity index (χ1v) is 2.97. The monoisotopic (exact) mass is 123 g/mol. The molecule has 0 aromatic carbocycles. The predicted molar refractivity (Wildman–Crippen MR) is 31.4 cm³/mol. The quantitative estimate of drug-likeness (QED) is 0.476. The van der Waals surface area contributed by atoms with Gasteiger partial charge in [0.25, 0.3) is 6.10 Å². The Morgan fingerprint density at radius 1 is 1.78 bits per heavy atom. The summed E-state index contributed by atoms with van der Waals surface area (Å²) in [5.41, 5.74) is 0. The number of rotatable bonds is 1. The van der Waals surface area contributed by atoms with Crippen LogP contribution in [0, 0.1) is 17.9 Å². The number of fused-ring (bicyclic) bond motifs is 1. The van der Waals surface area contributed by atoms with Crippen LogP contribution < -0.4 is 0 Å². The molecule has 0 aliphatic heterocycles. The predicted octanol–water partition coefficient (Wildman–Crippen LogP) is 0.550. The summed E-state index contributed by atoms with van der Waals surface area (Å²) < 4.78 is 4.94. The maximum atomic E-state index is 10.8. The molecule has 0 spiro atoms. The van der Waals surface area contributed by atoms with Crippen LogP contribution in [0.15, 0.2) is 12.2 Å². The lowest BCUT2D eigenvalue weighted by molar-refractivity contribution is -0.115. The lowest BCUT2D eigenvalue weighted by Gasteiger charge is -1.78. The van der Waals surface area contributed by atoms with E-state index in [1.54, 1.807) is 13.2 Å². The van der Waals surface area contributed by atoms with Gasteiger partial charge in [-0.25, -0.2) is 0 Å². The van der Waals surface area contributed by atoms with Crippen LogP contribution in [0.3, 0.4) is 0 Å². The fraction of sp³-hybridized carbons (Fsp3) is 0.429. The number of carbonyl (C=O) groups excluding carboxylic acids is 1. The van der Waals surface area contributed by atoms with Crippen molar-refractivity contribution in [1.29, 1.82) is 0 Å². The van der Waals surface area contributed by atoms with Crippen molar-refractivity contribution < 1.29 is 9.53 Å². The van der Waals surface area contributed by atoms with Gasteiger partial charge in [-0.1, -0.05) is 0 Å². The minimum atomic E-state index is 0.106. The Labute approximate surface area is 53.5 Å². The summed E-state index contributed by atoms with van der Waals surface area (Å²) in [5, 5.41) is 0. The van der Waals surface area contributed by atoms with Crippen molar-refractivity contribution in [3.8, 4) is 0 Å². The van der Waals surface area contributed by atoms with Gasteiger partial charge >= 0.3 is 0 Å². The molecule has 0 aromatic heterocycles. The van der Waals surface area contributed by atoms with Crippen molar-refractivity contribution in [2.75, 3.05) is 7.11 Å². The molecule has 0 radical (unpaired) electrons. The second kappa shape index (κ2) is 1.39. The molecule has 2 heteroatoms. The van der Waals surface area contributed by atoms with Crippen molar-refractivity contribution in [3.63, 3.8) is 0 Å². The highest BCUT2D eigenvalue weighted by Gasteiger charge is 2.72. The van der Waals surface area contributed by atoms with Crippen molar-refractivity contribution >= 4 is 5.78 Å². The second-order valence-electron chi connectivity index (χ2n) is 2.37. The highest BCUT2D eigenvalue weighted by molar-refractivity contribution is 6.00. The lowest BCUT2D eigenvalue weighted by Crippen LogP contribution is -1.95. The van der Waals surface area contributed by atoms with Gasteiger partial charge in [0.15, 0.2) is 0 Å². The Bertz CT molecular complexity index is 183. The molecule has 0 amide bonds. The molecule has 1 saturated carbocycles. The Morgan fingerprint density at radius 2 is 2.56 bits per heavy atom. The molecule has 1 fully saturated rings. The lowest BCUT2D eigenvalue weighted by atomic mass is 10.3. The number of methoxy groups -OCH3 is 1. The summed E-state index contributed by atoms with van der Waals surface area (Å²) in [6.45, 7) is 0. The van der Waals surface area contributed by atoms with E-state index in [0.29, 0.717) is 5.92 Å². The molecule has 2 atom stereocenters. The minimum absolute atomic E-state index is 0.106. The van der Waals surface area contributed by atoms with Gasteiger partial charge in [-0.05, 0) is 12.2 Å². The largest absolute Gasteiger partial charge is 0.289 e. The zero-order chi connectivity index (χ0) is 6.43. The first kappa shape index (κ1) is 5.06. The minimum Gasteiger partial charge on any atom is -0.289 e. The summed E-state index contributed by atoms with van der Waals surface area (Å²) in [4.78, 5) is 10.8. The van der Waals surface area contributed by atoms with E-state index in [4.69, 9.17) is 4.74 Å². The molecule has 2 rings (SSSR count). The summed E-state index contributed by atoms with van der Waals surface area (Å²) in [5.74, 6) is 0.648. The van der Waals surface area contributed by atoms with E-state index in [1.165, 1.54) is 0 Å². The molecule has 2 nitrogen and oxygen atoms in total. The topological polar surface area (TPSA) is 26.3 Å². The van der Waals surface area contributed by atoms with E-state index in [9.17, 15) is 4.79 Å². The fourth-order valence-corrected chi connectivity index (χ4v) is 1.35. The van der Waals surface area contributed by atoms with Gasteiger partial charge in [-0.15, -0.1) is 0 Å². The Morgan fingerprint density at radius 3 is 2.89 bits per heavy atom. The van der Waals surface area contributed by atoms with E-state index in [-0.39, 0.29) is 11.7 Å². The van der Waals surface area contributed by atoms with Crippen LogP contribution in [-0.2, 0) is 9.53 Å². The summed E-state index contributed by atoms with van der Waals surface area (Å²) in [6, 6.07) is 0. The van der Waals surface area contributed by atoms with Gasteiger partial charge in [0.1, 0.15) is 0 Å². The van der Waals surface area contributed by atoms with Crippen molar-refractivity contribution in [3.05, 3.63) is 18.3 Å². The maximum absolute atomic E-state index is 10.8. The Hall–Kier alpha value is -0.760. The van der Waals surface area contributed by atoms with E-state index >= 15 is 0 Å². The molecule has 2 aliphatic rings. The number of carbonyl (C=O) groups is 1. The Balaban J connectivity index is 2.15. The molecule has 9 heavy (non-hydrogen) atoms. The molecule has 0 aromatic rings. The fourth-order valence-electron chi connectivity index (χ4n) is 1.35. The third-order valence-corrected chi connectivity index (χ3v) is 1.90. The highest BCUT2D eigenvalue weighted by atomic mass is 16.5. The molecule has 0 N–H and O–H groups in total. The van der Waals surface area contributed by atoms with E-state index < -0.39 is 0 Å². The van der Waals surface area contributed by atoms with E-state index in [2.05, 4.69) is 0 Å². The van der Waals surface area contributed by atoms with Gasteiger partial charge in [0, 0.05) is 0 Å². The standard InChI is InChI=1S/C7H7O2/c1-9-7-4-2-3-5(8)6(4)7/h2-4,6H,1H3/q+1. The zero-order valence-corrected chi connectivity index (χ0v) is 5.13. The average Bonchev–Trinajstić information content (AvgIpc) is 2.46. The summed E-state index contributed by atoms with van der Waals surface area (Å²) in [7, 11) is 1.62. The first-order valence-electron chi connectivity index (χ1n) is 2.97. The van der Waals surface area contributed by atoms with Crippen molar-refractivity contribution in [2.24, 2.45) is 11.8 Å². The molecular formula is C7H7O2+. The number of ether oxygens (including phenoxy) is 1. The normalized spacial score (nSPS) is 37.4. The molecule has 2 unspecified atom stereocenters. The van der Waals surface area contributed by atoms with Gasteiger partial charge < -0.3 is 0 Å². The van der Waals surface area contributed by atoms with Crippen LogP contribution in [0.5, 0.6) is 0 Å². The number of allylic oxidation sites excluding steroid dienone is 1. The van der Waals surface area contributed by atoms with Crippen LogP contribution in [0.1, 0.15) is 0 Å². The third kappa shape index (κ3) is 0.485. The highest BCUT2D eigenvalue weighted by Crippen LogP contribution is 2.53. The number of hydrogen-bond acceptors (Lipinski definition) is 2. The zero-order valence-electron chi connectivity index (χ0n) is 5.13. The second-order valence-corrected chi connectivity index (χ2v) is 2.37. The summed E-state index contributed by atoms with van der Waals surface area (Å²) >= 11 is 0. The molecular weight excluding hydrogens is 116 g/mol. The van der Waals surface area contributed by atoms with E-state index in [1.807, 2.05) is 6.08 Å². The van der Waals surface area contributed by atoms with Gasteiger partial charge in [0.2, 0.25) is 17.6 Å². The molecule has 0 bridgehead atoms. The molecule has 2 aliphatic carbocycles.